The smallest absolute Gasteiger partial charge is 0.0181 e. The van der Waals surface area contributed by atoms with Crippen LogP contribution in [-0.2, 0) is 0 Å². The molecule has 0 bridgehead atoms. The van der Waals surface area contributed by atoms with Crippen molar-refractivity contribution in [3.63, 3.8) is 0 Å². The van der Waals surface area contributed by atoms with Gasteiger partial charge in [-0.25, -0.2) is 0 Å². The highest BCUT2D eigenvalue weighted by Gasteiger charge is 2.14. The Labute approximate surface area is 81.4 Å². The molecule has 12 heavy (non-hydrogen) atoms. The van der Waals surface area contributed by atoms with Gasteiger partial charge < -0.3 is 0 Å². The highest BCUT2D eigenvalue weighted by Crippen LogP contribution is 2.33. The van der Waals surface area contributed by atoms with Crippen molar-refractivity contribution in [1.82, 2.24) is 0 Å². The van der Waals surface area contributed by atoms with E-state index in [9.17, 15) is 0 Å². The third-order valence-electron chi connectivity index (χ3n) is 2.43. The van der Waals surface area contributed by atoms with Crippen LogP contribution in [0.3, 0.4) is 0 Å². The molecule has 1 unspecified atom stereocenters. The van der Waals surface area contributed by atoms with E-state index in [0.29, 0.717) is 5.92 Å². The zero-order valence-electron chi connectivity index (χ0n) is 7.26. The van der Waals surface area contributed by atoms with Crippen molar-refractivity contribution >= 4 is 22.0 Å². The lowest BCUT2D eigenvalue weighted by molar-refractivity contribution is 0.986. The molecule has 0 saturated carbocycles. The third kappa shape index (κ3) is 1.13. The van der Waals surface area contributed by atoms with Crippen LogP contribution in [0, 0.1) is 6.92 Å². The molecule has 0 fully saturated rings. The normalized spacial score (nSPS) is 19.8. The first kappa shape index (κ1) is 8.06. The Morgan fingerprint density at radius 2 is 2.08 bits per heavy atom. The van der Waals surface area contributed by atoms with Crippen LogP contribution in [0.1, 0.15) is 29.5 Å². The number of rotatable bonds is 0. The van der Waals surface area contributed by atoms with Crippen molar-refractivity contribution in [1.29, 1.82) is 0 Å². The van der Waals surface area contributed by atoms with Gasteiger partial charge in [-0.15, -0.1) is 0 Å². The maximum Gasteiger partial charge on any atom is 0.0181 e. The molecular formula is C11H11Br. The average molecular weight is 223 g/mol. The van der Waals surface area contributed by atoms with Gasteiger partial charge in [-0.1, -0.05) is 35.0 Å². The Kier molecular flexibility index (Phi) is 1.84. The summed E-state index contributed by atoms with van der Waals surface area (Å²) in [6.45, 7) is 4.39. The van der Waals surface area contributed by atoms with Crippen LogP contribution in [-0.4, -0.2) is 0 Å². The SMILES string of the molecule is Cc1cc(Br)cc2c1C=CC2C. The van der Waals surface area contributed by atoms with Gasteiger partial charge in [-0.05, 0) is 41.7 Å². The molecule has 1 aliphatic carbocycles. The van der Waals surface area contributed by atoms with Crippen molar-refractivity contribution in [2.45, 2.75) is 19.8 Å². The van der Waals surface area contributed by atoms with E-state index in [2.05, 4.69) is 54.1 Å². The highest BCUT2D eigenvalue weighted by atomic mass is 79.9. The zero-order chi connectivity index (χ0) is 8.72. The van der Waals surface area contributed by atoms with Gasteiger partial charge in [0.15, 0.2) is 0 Å². The van der Waals surface area contributed by atoms with Gasteiger partial charge in [0, 0.05) is 4.47 Å². The molecule has 1 atom stereocenters. The summed E-state index contributed by atoms with van der Waals surface area (Å²) in [7, 11) is 0. The summed E-state index contributed by atoms with van der Waals surface area (Å²) in [5.41, 5.74) is 4.22. The van der Waals surface area contributed by atoms with E-state index >= 15 is 0 Å². The molecule has 0 heterocycles. The number of fused-ring (bicyclic) bond motifs is 1. The van der Waals surface area contributed by atoms with Gasteiger partial charge >= 0.3 is 0 Å². The van der Waals surface area contributed by atoms with Gasteiger partial charge in [-0.3, -0.25) is 0 Å². The van der Waals surface area contributed by atoms with Crippen molar-refractivity contribution in [3.8, 4) is 0 Å². The van der Waals surface area contributed by atoms with Crippen LogP contribution in [0.15, 0.2) is 22.7 Å². The average Bonchev–Trinajstić information content (AvgIpc) is 2.33. The Bertz CT molecular complexity index is 350. The van der Waals surface area contributed by atoms with Crippen molar-refractivity contribution in [2.24, 2.45) is 0 Å². The molecular weight excluding hydrogens is 212 g/mol. The van der Waals surface area contributed by atoms with E-state index in [0.717, 1.165) is 0 Å². The molecule has 0 aromatic heterocycles. The van der Waals surface area contributed by atoms with E-state index in [1.54, 1.807) is 0 Å². The summed E-state index contributed by atoms with van der Waals surface area (Å²) in [6.07, 6.45) is 4.48. The molecule has 2 rings (SSSR count). The lowest BCUT2D eigenvalue weighted by Crippen LogP contribution is -1.89. The minimum Gasteiger partial charge on any atom is -0.0766 e. The summed E-state index contributed by atoms with van der Waals surface area (Å²) in [5, 5.41) is 0. The molecule has 0 nitrogen and oxygen atoms in total. The number of benzene rings is 1. The highest BCUT2D eigenvalue weighted by molar-refractivity contribution is 9.10. The summed E-state index contributed by atoms with van der Waals surface area (Å²) in [4.78, 5) is 0. The lowest BCUT2D eigenvalue weighted by Gasteiger charge is -2.07. The maximum absolute atomic E-state index is 3.52. The van der Waals surface area contributed by atoms with Crippen LogP contribution >= 0.6 is 15.9 Å². The van der Waals surface area contributed by atoms with E-state index < -0.39 is 0 Å². The summed E-state index contributed by atoms with van der Waals surface area (Å²) in [5.74, 6) is 0.580. The number of aryl methyl sites for hydroxylation is 1. The predicted molar refractivity (Wildman–Crippen MR) is 56.3 cm³/mol. The Morgan fingerprint density at radius 1 is 1.33 bits per heavy atom. The van der Waals surface area contributed by atoms with Gasteiger partial charge in [0.2, 0.25) is 0 Å². The third-order valence-corrected chi connectivity index (χ3v) is 2.88. The Morgan fingerprint density at radius 3 is 2.83 bits per heavy atom. The summed E-state index contributed by atoms with van der Waals surface area (Å²) >= 11 is 3.52. The lowest BCUT2D eigenvalue weighted by atomic mass is 10.00. The number of hydrogen-bond donors (Lipinski definition) is 0. The van der Waals surface area contributed by atoms with E-state index in [1.165, 1.54) is 21.2 Å². The molecule has 0 N–H and O–H groups in total. The minimum absolute atomic E-state index is 0.580. The number of halogens is 1. The van der Waals surface area contributed by atoms with Crippen LogP contribution in [0.2, 0.25) is 0 Å². The monoisotopic (exact) mass is 222 g/mol. The van der Waals surface area contributed by atoms with E-state index in [1.807, 2.05) is 0 Å². The molecule has 1 aliphatic rings. The first-order valence-corrected chi connectivity index (χ1v) is 4.96. The molecule has 1 aromatic rings. The molecule has 1 heteroatoms. The molecule has 0 saturated heterocycles. The zero-order valence-corrected chi connectivity index (χ0v) is 8.85. The summed E-state index contributed by atoms with van der Waals surface area (Å²) in [6, 6.07) is 4.38. The Balaban J connectivity index is 2.66. The molecule has 0 amide bonds. The Hall–Kier alpha value is -0.560. The van der Waals surface area contributed by atoms with E-state index in [-0.39, 0.29) is 0 Å². The quantitative estimate of drug-likeness (QED) is 0.625. The maximum atomic E-state index is 3.52. The van der Waals surface area contributed by atoms with Crippen LogP contribution in [0.4, 0.5) is 0 Å². The van der Waals surface area contributed by atoms with Gasteiger partial charge in [-0.2, -0.15) is 0 Å². The topological polar surface area (TPSA) is 0 Å². The molecule has 0 aliphatic heterocycles. The largest absolute Gasteiger partial charge is 0.0766 e. The fourth-order valence-electron chi connectivity index (χ4n) is 1.73. The molecule has 62 valence electrons. The predicted octanol–water partition coefficient (Wildman–Crippen LogP) is 3.89. The van der Waals surface area contributed by atoms with Crippen LogP contribution < -0.4 is 0 Å². The molecule has 1 aromatic carbocycles. The standard InChI is InChI=1S/C11H11Br/c1-7-3-4-10-8(2)5-9(12)6-11(7)10/h3-7H,1-2H3. The van der Waals surface area contributed by atoms with Crippen molar-refractivity contribution < 1.29 is 0 Å². The summed E-state index contributed by atoms with van der Waals surface area (Å²) < 4.78 is 1.19. The van der Waals surface area contributed by atoms with Crippen molar-refractivity contribution in [2.75, 3.05) is 0 Å². The fraction of sp³-hybridized carbons (Fsp3) is 0.273. The first-order valence-electron chi connectivity index (χ1n) is 4.17. The first-order chi connectivity index (χ1) is 5.68. The van der Waals surface area contributed by atoms with Gasteiger partial charge in [0.25, 0.3) is 0 Å². The molecule has 0 spiro atoms. The molecule has 0 radical (unpaired) electrons. The fourth-order valence-corrected chi connectivity index (χ4v) is 2.32. The number of allylic oxidation sites excluding steroid dienone is 1. The van der Waals surface area contributed by atoms with E-state index in [4.69, 9.17) is 0 Å². The van der Waals surface area contributed by atoms with Crippen molar-refractivity contribution in [3.05, 3.63) is 39.4 Å². The second kappa shape index (κ2) is 2.74. The van der Waals surface area contributed by atoms with Crippen LogP contribution in [0.25, 0.3) is 6.08 Å². The van der Waals surface area contributed by atoms with Gasteiger partial charge in [0.1, 0.15) is 0 Å². The number of hydrogen-bond acceptors (Lipinski definition) is 0. The second-order valence-corrected chi connectivity index (χ2v) is 4.29. The minimum atomic E-state index is 0.580. The van der Waals surface area contributed by atoms with Crippen LogP contribution in [0.5, 0.6) is 0 Å². The van der Waals surface area contributed by atoms with Gasteiger partial charge in [0.05, 0.1) is 0 Å². The second-order valence-electron chi connectivity index (χ2n) is 3.37.